The van der Waals surface area contributed by atoms with E-state index in [0.29, 0.717) is 59.9 Å². The van der Waals surface area contributed by atoms with Crippen molar-refractivity contribution in [1.29, 1.82) is 5.26 Å². The highest BCUT2D eigenvalue weighted by molar-refractivity contribution is 14.1. The van der Waals surface area contributed by atoms with Gasteiger partial charge >= 0.3 is 0 Å². The van der Waals surface area contributed by atoms with Crippen molar-refractivity contribution in [2.75, 3.05) is 26.2 Å². The van der Waals surface area contributed by atoms with Crippen molar-refractivity contribution in [1.82, 2.24) is 19.6 Å². The van der Waals surface area contributed by atoms with E-state index in [9.17, 15) is 32.4 Å². The topological polar surface area (TPSA) is 70.9 Å². The summed E-state index contributed by atoms with van der Waals surface area (Å²) in [5.74, 6) is -4.95. The number of halogens is 7. The fourth-order valence-corrected chi connectivity index (χ4v) is 11.0. The van der Waals surface area contributed by atoms with Crippen LogP contribution in [-0.2, 0) is 13.1 Å². The number of benzene rings is 2. The molecule has 0 bridgehead atoms. The van der Waals surface area contributed by atoms with Crippen LogP contribution < -0.4 is 0 Å². The molecule has 8 rings (SSSR count). The van der Waals surface area contributed by atoms with Crippen LogP contribution in [0.3, 0.4) is 0 Å². The molecule has 2 saturated carbocycles. The number of rotatable bonds is 4. The number of carbonyl (C=O) groups excluding carboxylic acids is 2. The summed E-state index contributed by atoms with van der Waals surface area (Å²) >= 11 is 14.4. The molecule has 0 unspecified atom stereocenters. The maximum absolute atomic E-state index is 13.4. The Morgan fingerprint density at radius 2 is 1.02 bits per heavy atom. The van der Waals surface area contributed by atoms with Gasteiger partial charge in [0.2, 0.25) is 11.8 Å². The van der Waals surface area contributed by atoms with Gasteiger partial charge in [0.05, 0.1) is 16.7 Å². The van der Waals surface area contributed by atoms with Gasteiger partial charge in [0, 0.05) is 103 Å². The molecule has 53 heavy (non-hydrogen) atoms. The Bertz CT molecular complexity index is 1760. The van der Waals surface area contributed by atoms with Gasteiger partial charge in [-0.1, -0.05) is 23.2 Å². The number of likely N-dealkylation sites (tertiary alicyclic amines) is 2. The molecule has 0 atom stereocenters. The van der Waals surface area contributed by atoms with Crippen LogP contribution in [0.25, 0.3) is 0 Å². The maximum atomic E-state index is 13.4. The molecule has 0 N–H and O–H groups in total. The van der Waals surface area contributed by atoms with Crippen molar-refractivity contribution in [2.24, 2.45) is 0 Å². The lowest BCUT2D eigenvalue weighted by atomic mass is 9.89. The lowest BCUT2D eigenvalue weighted by molar-refractivity contribution is -0.0577. The quantitative estimate of drug-likeness (QED) is 0.227. The fraction of sp³-hybridized carbons (Fsp3) is 0.615. The number of alkyl halides is 4. The summed E-state index contributed by atoms with van der Waals surface area (Å²) in [6.45, 7) is 4.55. The molecule has 0 aromatic heterocycles. The van der Waals surface area contributed by atoms with Gasteiger partial charge in [-0.15, -0.1) is 0 Å². The Morgan fingerprint density at radius 3 is 1.45 bits per heavy atom. The van der Waals surface area contributed by atoms with E-state index < -0.39 is 11.8 Å². The van der Waals surface area contributed by atoms with Crippen LogP contribution in [0, 0.1) is 14.9 Å². The van der Waals surface area contributed by atoms with Gasteiger partial charge in [-0.05, 0) is 109 Å². The molecule has 4 aliphatic heterocycles. The third-order valence-electron chi connectivity index (χ3n) is 12.4. The number of hydrogen-bond acceptors (Lipinski definition) is 5. The number of carbonyl (C=O) groups is 2. The van der Waals surface area contributed by atoms with Crippen LogP contribution in [-0.4, -0.2) is 93.6 Å². The summed E-state index contributed by atoms with van der Waals surface area (Å²) < 4.78 is 54.4. The lowest BCUT2D eigenvalue weighted by Crippen LogP contribution is -2.49. The van der Waals surface area contributed by atoms with Crippen molar-refractivity contribution in [2.45, 2.75) is 126 Å². The average Bonchev–Trinajstić information content (AvgIpc) is 3.64. The molecule has 7 nitrogen and oxygen atoms in total. The van der Waals surface area contributed by atoms with Crippen molar-refractivity contribution in [3.05, 3.63) is 65.7 Å². The van der Waals surface area contributed by atoms with E-state index in [2.05, 4.69) is 38.5 Å². The summed E-state index contributed by atoms with van der Waals surface area (Å²) in [6.07, 6.45) is 5.76. The Kier molecular flexibility index (Phi) is 11.6. The number of fused-ring (bicyclic) bond motifs is 2. The second-order valence-corrected chi connectivity index (χ2v) is 17.6. The number of hydrogen-bond donors (Lipinski definition) is 0. The van der Waals surface area contributed by atoms with Crippen LogP contribution >= 0.6 is 45.8 Å². The first kappa shape index (κ1) is 39.1. The highest BCUT2D eigenvalue weighted by Crippen LogP contribution is 2.39. The Labute approximate surface area is 332 Å². The van der Waals surface area contributed by atoms with Gasteiger partial charge < -0.3 is 19.6 Å². The van der Waals surface area contributed by atoms with Crippen LogP contribution in [0.1, 0.15) is 114 Å². The van der Waals surface area contributed by atoms with E-state index in [1.165, 1.54) is 0 Å². The van der Waals surface area contributed by atoms with E-state index >= 15 is 0 Å². The zero-order valence-electron chi connectivity index (χ0n) is 29.5. The molecular weight excluding hydrogens is 844 g/mol. The van der Waals surface area contributed by atoms with Gasteiger partial charge in [-0.25, -0.2) is 17.6 Å². The number of nitriles is 1. The molecule has 6 aliphatic rings. The third kappa shape index (κ3) is 8.49. The second-order valence-electron chi connectivity index (χ2n) is 15.6. The third-order valence-corrected chi connectivity index (χ3v) is 13.6. The van der Waals surface area contributed by atoms with Gasteiger partial charge in [-0.3, -0.25) is 9.59 Å². The lowest BCUT2D eigenvalue weighted by Gasteiger charge is -2.42. The summed E-state index contributed by atoms with van der Waals surface area (Å²) in [4.78, 5) is 34.3. The van der Waals surface area contributed by atoms with Crippen LogP contribution in [0.2, 0.25) is 10.0 Å². The van der Waals surface area contributed by atoms with E-state index in [4.69, 9.17) is 23.2 Å². The zero-order valence-corrected chi connectivity index (χ0v) is 33.2. The Balaban J connectivity index is 0.000000164. The highest BCUT2D eigenvalue weighted by atomic mass is 127. The normalized spacial score (nSPS) is 24.5. The fourth-order valence-electron chi connectivity index (χ4n) is 9.41. The van der Waals surface area contributed by atoms with Gasteiger partial charge in [-0.2, -0.15) is 5.26 Å². The van der Waals surface area contributed by atoms with E-state index in [1.807, 2.05) is 21.9 Å². The SMILES string of the molecule is N#Cc1cc(Cl)cc2c1C(=O)N(C1CCN(C3CCC(F)(F)CC3)CC1)C2.O=C1c2c(I)cc(Cl)cc2CN1C1CCN(C2CCC(F)(F)CC2)CC1. The van der Waals surface area contributed by atoms with Crippen molar-refractivity contribution < 1.29 is 27.2 Å². The van der Waals surface area contributed by atoms with Gasteiger partial charge in [0.15, 0.2) is 0 Å². The molecule has 286 valence electrons. The molecule has 2 aliphatic carbocycles. The minimum absolute atomic E-state index is 0.0106. The predicted molar refractivity (Wildman–Crippen MR) is 204 cm³/mol. The van der Waals surface area contributed by atoms with E-state index in [1.54, 1.807) is 12.1 Å². The van der Waals surface area contributed by atoms with Crippen LogP contribution in [0.15, 0.2) is 24.3 Å². The molecule has 2 saturated heterocycles. The standard InChI is InChI=1S/C20H22ClF2N3O.C19H22ClF2IN2O/c21-15-9-13(11-24)18-14(10-15)12-26(19(18)27)17-3-7-25(8-4-17)16-1-5-20(22,23)6-2-16;20-13-9-12-11-25(18(26)17(12)16(23)10-13)15-3-7-24(8-4-15)14-1-5-19(21,22)6-2-14/h9-10,16-17H,1-8,12H2;9-10,14-15H,1-8,11H2. The van der Waals surface area contributed by atoms with E-state index in [0.717, 1.165) is 72.1 Å². The molecule has 4 heterocycles. The first-order valence-electron chi connectivity index (χ1n) is 18.8. The summed E-state index contributed by atoms with van der Waals surface area (Å²) in [5, 5.41) is 10.5. The Hall–Kier alpha value is -2.18. The molecule has 0 spiro atoms. The summed E-state index contributed by atoms with van der Waals surface area (Å²) in [5.41, 5.74) is 3.46. The molecule has 14 heteroatoms. The van der Waals surface area contributed by atoms with Crippen LogP contribution in [0.4, 0.5) is 17.6 Å². The van der Waals surface area contributed by atoms with Crippen molar-refractivity contribution >= 4 is 57.6 Å². The minimum Gasteiger partial charge on any atom is -0.331 e. The predicted octanol–water partition coefficient (Wildman–Crippen LogP) is 9.15. The van der Waals surface area contributed by atoms with Gasteiger partial charge in [0.25, 0.3) is 11.8 Å². The van der Waals surface area contributed by atoms with Crippen molar-refractivity contribution in [3.63, 3.8) is 0 Å². The van der Waals surface area contributed by atoms with Crippen molar-refractivity contribution in [3.8, 4) is 6.07 Å². The molecule has 4 fully saturated rings. The largest absolute Gasteiger partial charge is 0.331 e. The first-order valence-corrected chi connectivity index (χ1v) is 20.6. The monoisotopic (exact) mass is 887 g/mol. The second kappa shape index (κ2) is 15.8. The molecule has 2 amide bonds. The molecule has 2 aromatic rings. The average molecular weight is 889 g/mol. The highest BCUT2D eigenvalue weighted by Gasteiger charge is 2.42. The number of nitrogens with zero attached hydrogens (tertiary/aromatic N) is 5. The number of amides is 2. The maximum Gasteiger partial charge on any atom is 0.256 e. The molecule has 2 aromatic carbocycles. The summed E-state index contributed by atoms with van der Waals surface area (Å²) in [6, 6.07) is 9.99. The zero-order chi connectivity index (χ0) is 37.7. The molecule has 0 radical (unpaired) electrons. The first-order chi connectivity index (χ1) is 25.2. The Morgan fingerprint density at radius 1 is 0.623 bits per heavy atom. The minimum atomic E-state index is -2.50. The van der Waals surface area contributed by atoms with E-state index in [-0.39, 0.29) is 61.7 Å². The smallest absolute Gasteiger partial charge is 0.256 e. The number of piperidine rings is 2. The molecular formula is C39H44Cl2F4IN5O2. The summed E-state index contributed by atoms with van der Waals surface area (Å²) in [7, 11) is 0. The van der Waals surface area contributed by atoms with Crippen LogP contribution in [0.5, 0.6) is 0 Å². The van der Waals surface area contributed by atoms with Gasteiger partial charge in [0.1, 0.15) is 6.07 Å².